The first-order chi connectivity index (χ1) is 33.0. The van der Waals surface area contributed by atoms with E-state index in [-0.39, 0.29) is 13.5 Å². The molecule has 2 aromatic heterocycles. The molecule has 2 heterocycles. The summed E-state index contributed by atoms with van der Waals surface area (Å²) in [6.45, 7) is 6.21. The number of allylic oxidation sites excluding steroid dienone is 10. The van der Waals surface area contributed by atoms with Gasteiger partial charge in [-0.2, -0.15) is 13.5 Å². The zero-order valence-electron chi connectivity index (χ0n) is 39.0. The second-order valence-corrected chi connectivity index (χ2v) is 17.9. The average Bonchev–Trinajstić information content (AvgIpc) is 4.06. The first-order valence-corrected chi connectivity index (χ1v) is 23.7. The molecule has 8 aromatic carbocycles. The van der Waals surface area contributed by atoms with E-state index >= 15 is 0 Å². The zero-order valence-corrected chi connectivity index (χ0v) is 40.0. The molecule has 0 fully saturated rings. The number of rotatable bonds is 8. The van der Waals surface area contributed by atoms with E-state index in [1.165, 1.54) is 95.0 Å². The van der Waals surface area contributed by atoms with Crippen LogP contribution in [0, 0.1) is 0 Å². The number of nitrogens with zero attached hydrogens (tertiary/aromatic N) is 1. The second-order valence-electron chi connectivity index (χ2n) is 17.9. The lowest BCUT2D eigenvalue weighted by atomic mass is 9.94. The van der Waals surface area contributed by atoms with Gasteiger partial charge in [0.05, 0.1) is 11.0 Å². The van der Waals surface area contributed by atoms with Gasteiger partial charge in [-0.1, -0.05) is 163 Å². The van der Waals surface area contributed by atoms with E-state index < -0.39 is 0 Å². The normalized spacial score (nSPS) is 13.4. The van der Waals surface area contributed by atoms with Crippen molar-refractivity contribution in [1.29, 1.82) is 0 Å². The van der Waals surface area contributed by atoms with Crippen molar-refractivity contribution in [3.8, 4) is 50.2 Å². The average molecular weight is 898 g/mol. The zero-order chi connectivity index (χ0) is 45.3. The van der Waals surface area contributed by atoms with Crippen LogP contribution in [-0.4, -0.2) is 4.57 Å². The summed E-state index contributed by atoms with van der Waals surface area (Å²) in [7, 11) is 0. The number of hydrogen-bond acceptors (Lipinski definition) is 1. The number of para-hydroxylation sites is 1. The maximum absolute atomic E-state index is 6.42. The van der Waals surface area contributed by atoms with Crippen LogP contribution in [0.1, 0.15) is 51.2 Å². The van der Waals surface area contributed by atoms with Crippen molar-refractivity contribution < 1.29 is 4.42 Å². The lowest BCUT2D eigenvalue weighted by Crippen LogP contribution is -1.94. The summed E-state index contributed by atoms with van der Waals surface area (Å²) in [6, 6.07) is 64.4. The van der Waals surface area contributed by atoms with E-state index in [0.29, 0.717) is 0 Å². The van der Waals surface area contributed by atoms with E-state index in [0.717, 1.165) is 46.9 Å². The Morgan fingerprint density at radius 1 is 0.544 bits per heavy atom. The van der Waals surface area contributed by atoms with Gasteiger partial charge in [0.15, 0.2) is 0 Å². The van der Waals surface area contributed by atoms with Gasteiger partial charge in [-0.15, -0.1) is 0 Å². The number of hydrogen-bond donors (Lipinski definition) is 0. The molecule has 2 aliphatic rings. The van der Waals surface area contributed by atoms with Gasteiger partial charge in [-0.25, -0.2) is 0 Å². The topological polar surface area (TPSA) is 18.1 Å². The van der Waals surface area contributed by atoms with Crippen molar-refractivity contribution in [1.82, 2.24) is 4.57 Å². The fourth-order valence-electron chi connectivity index (χ4n) is 10.1. The molecule has 0 N–H and O–H groups in total. The van der Waals surface area contributed by atoms with Crippen LogP contribution < -0.4 is 0 Å². The minimum absolute atomic E-state index is 0. The van der Waals surface area contributed by atoms with Gasteiger partial charge < -0.3 is 8.98 Å². The van der Waals surface area contributed by atoms with Crippen LogP contribution >= 0.6 is 13.5 Å². The quantitative estimate of drug-likeness (QED) is 0.110. The Hall–Kier alpha value is -7.59. The lowest BCUT2D eigenvalue weighted by Gasteiger charge is -2.11. The monoisotopic (exact) mass is 897 g/mol. The summed E-state index contributed by atoms with van der Waals surface area (Å²) < 4.78 is 8.82. The molecule has 0 radical (unpaired) electrons. The Morgan fingerprint density at radius 2 is 1.15 bits per heavy atom. The number of furan rings is 1. The molecule has 2 nitrogen and oxygen atoms in total. The molecule has 0 bridgehead atoms. The minimum Gasteiger partial charge on any atom is -0.456 e. The van der Waals surface area contributed by atoms with E-state index in [9.17, 15) is 0 Å². The molecule has 12 rings (SSSR count). The molecule has 0 saturated heterocycles. The van der Waals surface area contributed by atoms with Crippen molar-refractivity contribution in [2.75, 3.05) is 0 Å². The van der Waals surface area contributed by atoms with Crippen LogP contribution in [0.4, 0.5) is 0 Å². The third-order valence-electron chi connectivity index (χ3n) is 13.5. The molecule has 0 aliphatic heterocycles. The van der Waals surface area contributed by atoms with E-state index in [2.05, 4.69) is 224 Å². The summed E-state index contributed by atoms with van der Waals surface area (Å²) >= 11 is 0. The molecule has 0 atom stereocenters. The number of fused-ring (bicyclic) bond motifs is 8. The Bertz CT molecular complexity index is 3660. The van der Waals surface area contributed by atoms with Crippen molar-refractivity contribution in [3.63, 3.8) is 0 Å². The summed E-state index contributed by atoms with van der Waals surface area (Å²) in [4.78, 5) is 0. The Kier molecular flexibility index (Phi) is 12.6. The Balaban J connectivity index is 0.000000444. The molecule has 3 heteroatoms. The predicted octanol–water partition coefficient (Wildman–Crippen LogP) is 18.6. The van der Waals surface area contributed by atoms with Crippen molar-refractivity contribution in [2.45, 2.75) is 46.5 Å². The predicted molar refractivity (Wildman–Crippen MR) is 297 cm³/mol. The molecule has 68 heavy (non-hydrogen) atoms. The van der Waals surface area contributed by atoms with Crippen LogP contribution in [-0.2, 0) is 6.42 Å². The maximum Gasteiger partial charge on any atom is 0.135 e. The van der Waals surface area contributed by atoms with Gasteiger partial charge in [-0.3, -0.25) is 0 Å². The highest BCUT2D eigenvalue weighted by atomic mass is 32.1. The maximum atomic E-state index is 6.42. The van der Waals surface area contributed by atoms with Crippen molar-refractivity contribution in [2.24, 2.45) is 0 Å². The molecule has 2 aliphatic carbocycles. The van der Waals surface area contributed by atoms with Gasteiger partial charge >= 0.3 is 0 Å². The van der Waals surface area contributed by atoms with Crippen molar-refractivity contribution >= 4 is 62.8 Å². The van der Waals surface area contributed by atoms with Crippen molar-refractivity contribution in [3.05, 3.63) is 241 Å². The van der Waals surface area contributed by atoms with Crippen LogP contribution in [0.15, 0.2) is 234 Å². The molecule has 0 amide bonds. The molecule has 332 valence electrons. The summed E-state index contributed by atoms with van der Waals surface area (Å²) in [5.74, 6) is 0. The van der Waals surface area contributed by atoms with Gasteiger partial charge in [0.25, 0.3) is 0 Å². The highest BCUT2D eigenvalue weighted by molar-refractivity contribution is 7.59. The first-order valence-electron chi connectivity index (χ1n) is 23.7. The van der Waals surface area contributed by atoms with Gasteiger partial charge in [0.1, 0.15) is 11.2 Å². The van der Waals surface area contributed by atoms with Crippen LogP contribution in [0.5, 0.6) is 0 Å². The second kappa shape index (κ2) is 19.3. The standard InChI is InChI=1S/C55H37NO.C10H16.H2S/c1-2-10-35(11-3-1)38-15-9-16-45(30-38)56-52-19-7-6-18-47(52)49-32-40(22-25-53(49)56)42-24-27-55-51(34-42)50-33-41(23-26-54(50)57-55)37-14-8-13-36(28-37)39-20-21-44-29-43-12-4-5-17-46(43)48(44)31-39;1-4-6-8-10(3)9-7-5-2;/h1-3,5-11,13-28,30-34H,4,12,29H2;4-8H,9H2,1-3H3;1H2/b;6-4-,7-5-,10-8+;. The number of aromatic nitrogens is 1. The van der Waals surface area contributed by atoms with Crippen LogP contribution in [0.2, 0.25) is 0 Å². The molecule has 0 unspecified atom stereocenters. The Labute approximate surface area is 407 Å². The fourth-order valence-corrected chi connectivity index (χ4v) is 10.1. The largest absolute Gasteiger partial charge is 0.456 e. The SMILES string of the molecule is C/C=C\C=C(/C)C/C=C\C.C1=CC2=C(CC1)Cc1ccc(-c3cccc(-c4ccc5oc6ccc(-c7ccc8c(c7)c7ccccc7n8-c7cccc(-c8ccccc8)c7)cc6c5c4)c3)cc12.S. The van der Waals surface area contributed by atoms with Crippen LogP contribution in [0.25, 0.3) is 99.5 Å². The molecule has 0 saturated carbocycles. The molecule has 0 spiro atoms. The highest BCUT2D eigenvalue weighted by Crippen LogP contribution is 2.42. The fraction of sp³-hybridized carbons (Fsp3) is 0.108. The third-order valence-corrected chi connectivity index (χ3v) is 13.5. The summed E-state index contributed by atoms with van der Waals surface area (Å²) in [6.07, 6.45) is 19.7. The molecular weight excluding hydrogens is 843 g/mol. The smallest absolute Gasteiger partial charge is 0.135 e. The van der Waals surface area contributed by atoms with Crippen LogP contribution in [0.3, 0.4) is 0 Å². The number of benzene rings is 8. The highest BCUT2D eigenvalue weighted by Gasteiger charge is 2.22. The lowest BCUT2D eigenvalue weighted by molar-refractivity contribution is 0.669. The van der Waals surface area contributed by atoms with Gasteiger partial charge in [-0.05, 0) is 174 Å². The van der Waals surface area contributed by atoms with Gasteiger partial charge in [0.2, 0.25) is 0 Å². The van der Waals surface area contributed by atoms with E-state index in [4.69, 9.17) is 4.42 Å². The summed E-state index contributed by atoms with van der Waals surface area (Å²) in [5.41, 5.74) is 22.3. The van der Waals surface area contributed by atoms with E-state index in [1.807, 2.05) is 19.9 Å². The third kappa shape index (κ3) is 8.51. The molecular formula is C65H55NOS. The first kappa shape index (κ1) is 44.3. The van der Waals surface area contributed by atoms with E-state index in [1.54, 1.807) is 5.57 Å². The minimum atomic E-state index is 0. The Morgan fingerprint density at radius 3 is 1.88 bits per heavy atom. The summed E-state index contributed by atoms with van der Waals surface area (Å²) in [5, 5.41) is 4.74. The van der Waals surface area contributed by atoms with Gasteiger partial charge in [0, 0.05) is 27.2 Å². The molecule has 10 aromatic rings.